The van der Waals surface area contributed by atoms with Gasteiger partial charge in [-0.2, -0.15) is 0 Å². The van der Waals surface area contributed by atoms with E-state index in [9.17, 15) is 0 Å². The molecule has 0 aromatic rings. The topological polar surface area (TPSA) is 196 Å². The van der Waals surface area contributed by atoms with Gasteiger partial charge in [0.15, 0.2) is 0 Å². The van der Waals surface area contributed by atoms with Crippen LogP contribution in [-0.4, -0.2) is 20.5 Å². The van der Waals surface area contributed by atoms with Gasteiger partial charge in [-0.3, -0.25) is 0 Å². The van der Waals surface area contributed by atoms with Crippen LogP contribution in [0.1, 0.15) is 0 Å². The fourth-order valence-electron chi connectivity index (χ4n) is 0. The average molecular weight is 252 g/mol. The predicted octanol–water partition coefficient (Wildman–Crippen LogP) is -0.828. The number of rotatable bonds is 0. The van der Waals surface area contributed by atoms with E-state index in [0.717, 1.165) is 0 Å². The van der Waals surface area contributed by atoms with Gasteiger partial charge in [-0.1, -0.05) is 0 Å². The molecule has 0 heterocycles. The summed E-state index contributed by atoms with van der Waals surface area (Å²) in [5.74, 6) is 0. The summed E-state index contributed by atoms with van der Waals surface area (Å²) in [5.41, 5.74) is 0. The number of hydrogen-bond acceptors (Lipinski definition) is 8. The summed E-state index contributed by atoms with van der Waals surface area (Å²) in [6.45, 7) is 0. The number of nitrogens with zero attached hydrogens (tertiary/aromatic N) is 3. The van der Waals surface area contributed by atoms with Crippen LogP contribution in [0.2, 0.25) is 0 Å². The van der Waals surface area contributed by atoms with Crippen LogP contribution in [0.3, 0.4) is 0 Å². The van der Waals surface area contributed by atoms with Crippen LogP contribution in [0.15, 0.2) is 0 Å². The molecule has 0 aliphatic heterocycles. The zero-order chi connectivity index (χ0) is 10.7. The second-order valence-electron chi connectivity index (χ2n) is 0.685. The van der Waals surface area contributed by atoms with Crippen molar-refractivity contribution in [3.8, 4) is 0 Å². The second kappa shape index (κ2) is 16.7. The van der Waals surface area contributed by atoms with Gasteiger partial charge in [-0.15, -0.1) is 10.1 Å². The van der Waals surface area contributed by atoms with Crippen molar-refractivity contribution in [2.75, 3.05) is 0 Å². The summed E-state index contributed by atoms with van der Waals surface area (Å²) < 4.78 is 0. The molecule has 0 aromatic heterocycles. The predicted molar refractivity (Wildman–Crippen MR) is 29.5 cm³/mol. The van der Waals surface area contributed by atoms with E-state index >= 15 is 0 Å². The summed E-state index contributed by atoms with van der Waals surface area (Å²) in [4.78, 5) is 24.9. The maximum Gasteiger partial charge on any atom is 2.00 e. The quantitative estimate of drug-likeness (QED) is 0.325. The third-order valence-electron chi connectivity index (χ3n) is 0. The minimum Gasteiger partial charge on any atom is -0.356 e. The summed E-state index contributed by atoms with van der Waals surface area (Å²) in [6.07, 6.45) is 0. The Bertz CT molecular complexity index is 112. The SMILES string of the molecule is O=[N+]([O-])O.O=[N+]([O-])[O-].O=[N+]([O-])[O-].[Zn+2]. The molecular weight excluding hydrogens is 251 g/mol. The van der Waals surface area contributed by atoms with Crippen LogP contribution in [0, 0.1) is 40.8 Å². The minimum atomic E-state index is -1.75. The largest absolute Gasteiger partial charge is 2.00 e. The molecule has 0 atom stereocenters. The molecule has 0 spiro atoms. The fraction of sp³-hybridized carbons (Fsp3) is 0. The smallest absolute Gasteiger partial charge is 0.356 e. The third-order valence-corrected chi connectivity index (χ3v) is 0. The van der Waals surface area contributed by atoms with Crippen molar-refractivity contribution in [1.82, 2.24) is 0 Å². The molecule has 0 unspecified atom stereocenters. The van der Waals surface area contributed by atoms with Crippen molar-refractivity contribution in [2.24, 2.45) is 0 Å². The van der Waals surface area contributed by atoms with E-state index in [1.54, 1.807) is 0 Å². The zero-order valence-electron chi connectivity index (χ0n) is 5.76. The van der Waals surface area contributed by atoms with Crippen LogP contribution >= 0.6 is 0 Å². The molecule has 0 fully saturated rings. The van der Waals surface area contributed by atoms with Crippen molar-refractivity contribution in [2.45, 2.75) is 0 Å². The molecule has 0 aliphatic carbocycles. The molecule has 0 rings (SSSR count). The fourth-order valence-corrected chi connectivity index (χ4v) is 0. The summed E-state index contributed by atoms with van der Waals surface area (Å²) in [7, 11) is 0. The molecule has 13 heavy (non-hydrogen) atoms. The van der Waals surface area contributed by atoms with Gasteiger partial charge < -0.3 is 35.9 Å². The Morgan fingerprint density at radius 2 is 0.769 bits per heavy atom. The first kappa shape index (κ1) is 22.5. The molecule has 0 aromatic carbocycles. The molecule has 0 bridgehead atoms. The first-order chi connectivity index (χ1) is 5.20. The molecule has 0 saturated heterocycles. The summed E-state index contributed by atoms with van der Waals surface area (Å²) in [6, 6.07) is 0. The van der Waals surface area contributed by atoms with Crippen LogP contribution in [0.4, 0.5) is 0 Å². The Morgan fingerprint density at radius 1 is 0.769 bits per heavy atom. The van der Waals surface area contributed by atoms with Crippen molar-refractivity contribution < 1.29 is 39.9 Å². The Kier molecular flexibility index (Phi) is 28.8. The molecule has 0 aliphatic rings. The molecule has 72 valence electrons. The van der Waals surface area contributed by atoms with E-state index in [1.807, 2.05) is 0 Å². The normalized spacial score (nSPS) is 5.54. The second-order valence-corrected chi connectivity index (χ2v) is 0.685. The standard InChI is InChI=1S/HNO3.2NO3.Zn/c3*2-1(3)4;/h(H,2,3,4);;;/q;2*-1;+2. The van der Waals surface area contributed by atoms with Crippen molar-refractivity contribution in [3.05, 3.63) is 40.8 Å². The van der Waals surface area contributed by atoms with Gasteiger partial charge in [0.1, 0.15) is 0 Å². The Labute approximate surface area is 81.5 Å². The molecule has 0 radical (unpaired) electrons. The number of hydrogen-bond donors (Lipinski definition) is 1. The van der Waals surface area contributed by atoms with Gasteiger partial charge in [-0.05, 0) is 0 Å². The van der Waals surface area contributed by atoms with E-state index in [-0.39, 0.29) is 19.5 Å². The van der Waals surface area contributed by atoms with Crippen molar-refractivity contribution in [1.29, 1.82) is 0 Å². The monoisotopic (exact) mass is 251 g/mol. The van der Waals surface area contributed by atoms with Gasteiger partial charge in [-0.25, -0.2) is 0 Å². The maximum atomic E-state index is 8.36. The Balaban J connectivity index is -0.0000000450. The maximum absolute atomic E-state index is 8.36. The molecule has 0 amide bonds. The van der Waals surface area contributed by atoms with E-state index in [2.05, 4.69) is 0 Å². The molecule has 1 N–H and O–H groups in total. The van der Waals surface area contributed by atoms with E-state index in [0.29, 0.717) is 0 Å². The first-order valence-electron chi connectivity index (χ1n) is 1.66. The van der Waals surface area contributed by atoms with Gasteiger partial charge in [0.05, 0.1) is 10.2 Å². The van der Waals surface area contributed by atoms with Crippen molar-refractivity contribution >= 4 is 0 Å². The molecule has 13 heteroatoms. The van der Waals surface area contributed by atoms with Crippen LogP contribution < -0.4 is 0 Å². The van der Waals surface area contributed by atoms with Gasteiger partial charge in [0, 0.05) is 0 Å². The van der Waals surface area contributed by atoms with E-state index < -0.39 is 15.3 Å². The Morgan fingerprint density at radius 3 is 0.769 bits per heavy atom. The van der Waals surface area contributed by atoms with Gasteiger partial charge in [0.2, 0.25) is 0 Å². The van der Waals surface area contributed by atoms with Gasteiger partial charge in [0.25, 0.3) is 5.09 Å². The van der Waals surface area contributed by atoms with Crippen LogP contribution in [0.5, 0.6) is 0 Å². The van der Waals surface area contributed by atoms with Gasteiger partial charge >= 0.3 is 19.5 Å². The molecule has 0 saturated carbocycles. The summed E-state index contributed by atoms with van der Waals surface area (Å²) >= 11 is 0. The minimum absolute atomic E-state index is 0. The average Bonchev–Trinajstić information content (AvgIpc) is 1.54. The van der Waals surface area contributed by atoms with Crippen LogP contribution in [-0.2, 0) is 19.5 Å². The van der Waals surface area contributed by atoms with E-state index in [1.165, 1.54) is 0 Å². The summed E-state index contributed by atoms with van der Waals surface area (Å²) in [5, 5.41) is 43.1. The first-order valence-corrected chi connectivity index (χ1v) is 1.66. The van der Waals surface area contributed by atoms with Crippen molar-refractivity contribution in [3.63, 3.8) is 0 Å². The molecular formula is HN3O9Zn. The Hall–Kier alpha value is -1.78. The zero-order valence-corrected chi connectivity index (χ0v) is 8.73. The van der Waals surface area contributed by atoms with E-state index in [4.69, 9.17) is 46.0 Å². The molecule has 12 nitrogen and oxygen atoms in total. The van der Waals surface area contributed by atoms with Crippen LogP contribution in [0.25, 0.3) is 0 Å². The third kappa shape index (κ3) is 219.